The lowest BCUT2D eigenvalue weighted by Crippen LogP contribution is -2.17. The van der Waals surface area contributed by atoms with Gasteiger partial charge in [0.15, 0.2) is 0 Å². The van der Waals surface area contributed by atoms with E-state index >= 15 is 0 Å². The van der Waals surface area contributed by atoms with E-state index in [1.807, 2.05) is 6.92 Å². The van der Waals surface area contributed by atoms with Gasteiger partial charge >= 0.3 is 11.9 Å². The van der Waals surface area contributed by atoms with Gasteiger partial charge in [-0.3, -0.25) is 10.1 Å². The summed E-state index contributed by atoms with van der Waals surface area (Å²) in [6.07, 6.45) is 7.53. The first-order valence-electron chi connectivity index (χ1n) is 10.5. The van der Waals surface area contributed by atoms with E-state index in [0.29, 0.717) is 18.4 Å². The van der Waals surface area contributed by atoms with Crippen LogP contribution in [0.15, 0.2) is 29.5 Å². The molecule has 0 fully saturated rings. The van der Waals surface area contributed by atoms with Gasteiger partial charge in [0.05, 0.1) is 10.5 Å². The second-order valence-corrected chi connectivity index (χ2v) is 7.19. The van der Waals surface area contributed by atoms with Crippen LogP contribution in [0.4, 0.5) is 5.69 Å². The third kappa shape index (κ3) is 8.23. The minimum absolute atomic E-state index is 0.0791. The van der Waals surface area contributed by atoms with Crippen LogP contribution in [-0.2, 0) is 16.0 Å². The minimum Gasteiger partial charge on any atom is -0.478 e. The lowest BCUT2D eigenvalue weighted by atomic mass is 10.0. The van der Waals surface area contributed by atoms with Crippen molar-refractivity contribution in [2.24, 2.45) is 0 Å². The van der Waals surface area contributed by atoms with Gasteiger partial charge in [-0.05, 0) is 31.7 Å². The molecule has 0 unspecified atom stereocenters. The number of carboxylic acids is 2. The van der Waals surface area contributed by atoms with Crippen molar-refractivity contribution in [3.63, 3.8) is 0 Å². The van der Waals surface area contributed by atoms with Gasteiger partial charge in [0.25, 0.3) is 5.69 Å². The molecule has 0 amide bonds. The third-order valence-electron chi connectivity index (χ3n) is 4.77. The molecule has 0 atom stereocenters. The van der Waals surface area contributed by atoms with E-state index in [1.54, 1.807) is 0 Å². The van der Waals surface area contributed by atoms with Crippen LogP contribution in [-0.4, -0.2) is 27.1 Å². The van der Waals surface area contributed by atoms with Gasteiger partial charge in [0, 0.05) is 17.7 Å². The molecule has 0 saturated carbocycles. The SMILES string of the molecule is CCCCCCC(C(=O)O)=C(Oc1ccc([N+](=O)[O-])cc1CCCCCC)C(=O)O. The molecule has 0 aliphatic heterocycles. The minimum atomic E-state index is -1.47. The van der Waals surface area contributed by atoms with E-state index in [9.17, 15) is 29.9 Å². The molecule has 0 saturated heterocycles. The summed E-state index contributed by atoms with van der Waals surface area (Å²) < 4.78 is 5.56. The number of nitrogens with zero attached hydrogens (tertiary/aromatic N) is 1. The van der Waals surface area contributed by atoms with Gasteiger partial charge in [-0.1, -0.05) is 52.4 Å². The fourth-order valence-corrected chi connectivity index (χ4v) is 3.11. The zero-order chi connectivity index (χ0) is 22.5. The Bertz CT molecular complexity index is 771. The Hall–Kier alpha value is -2.90. The van der Waals surface area contributed by atoms with E-state index in [1.165, 1.54) is 18.2 Å². The van der Waals surface area contributed by atoms with E-state index in [2.05, 4.69) is 6.92 Å². The van der Waals surface area contributed by atoms with Gasteiger partial charge in [-0.2, -0.15) is 0 Å². The number of hydrogen-bond donors (Lipinski definition) is 2. The van der Waals surface area contributed by atoms with Crippen LogP contribution in [0.3, 0.4) is 0 Å². The van der Waals surface area contributed by atoms with E-state index < -0.39 is 22.6 Å². The summed E-state index contributed by atoms with van der Waals surface area (Å²) >= 11 is 0. The maximum atomic E-state index is 11.8. The lowest BCUT2D eigenvalue weighted by molar-refractivity contribution is -0.384. The predicted molar refractivity (Wildman–Crippen MR) is 113 cm³/mol. The van der Waals surface area contributed by atoms with Crippen LogP contribution < -0.4 is 4.74 Å². The topological polar surface area (TPSA) is 127 Å². The smallest absolute Gasteiger partial charge is 0.372 e. The number of nitro benzene ring substituents is 1. The maximum absolute atomic E-state index is 11.8. The normalized spacial score (nSPS) is 11.7. The largest absolute Gasteiger partial charge is 0.478 e. The number of carbonyl (C=O) groups is 2. The number of nitro groups is 1. The quantitative estimate of drug-likeness (QED) is 0.126. The zero-order valence-electron chi connectivity index (χ0n) is 17.7. The summed E-state index contributed by atoms with van der Waals surface area (Å²) in [5.74, 6) is -3.31. The number of carboxylic acid groups (broad SMARTS) is 2. The van der Waals surface area contributed by atoms with Crippen molar-refractivity contribution in [2.45, 2.75) is 78.1 Å². The molecule has 0 radical (unpaired) electrons. The molecule has 0 aliphatic carbocycles. The number of rotatable bonds is 15. The Balaban J connectivity index is 3.22. The Labute approximate surface area is 176 Å². The summed E-state index contributed by atoms with van der Waals surface area (Å²) in [5.41, 5.74) is 0.0791. The number of unbranched alkanes of at least 4 members (excludes halogenated alkanes) is 6. The number of non-ortho nitro benzene ring substituents is 1. The first kappa shape index (κ1) is 25.1. The molecule has 2 N–H and O–H groups in total. The summed E-state index contributed by atoms with van der Waals surface area (Å²) in [7, 11) is 0. The summed E-state index contributed by atoms with van der Waals surface area (Å²) in [6.45, 7) is 4.09. The van der Waals surface area contributed by atoms with Crippen LogP contribution in [0, 0.1) is 10.1 Å². The molecule has 0 aliphatic rings. The highest BCUT2D eigenvalue weighted by atomic mass is 16.6. The molecule has 0 bridgehead atoms. The van der Waals surface area contributed by atoms with Gasteiger partial charge in [0.2, 0.25) is 5.76 Å². The van der Waals surface area contributed by atoms with Crippen LogP contribution in [0.5, 0.6) is 5.75 Å². The van der Waals surface area contributed by atoms with E-state index in [4.69, 9.17) is 4.74 Å². The monoisotopic (exact) mass is 421 g/mol. The van der Waals surface area contributed by atoms with Crippen molar-refractivity contribution < 1.29 is 29.5 Å². The summed E-state index contributed by atoms with van der Waals surface area (Å²) in [6, 6.07) is 3.93. The third-order valence-corrected chi connectivity index (χ3v) is 4.77. The van der Waals surface area contributed by atoms with Crippen molar-refractivity contribution in [3.8, 4) is 5.75 Å². The van der Waals surface area contributed by atoms with E-state index in [0.717, 1.165) is 44.9 Å². The number of aryl methyl sites for hydroxylation is 1. The first-order valence-corrected chi connectivity index (χ1v) is 10.5. The summed E-state index contributed by atoms with van der Waals surface area (Å²) in [5, 5.41) is 30.2. The molecular weight excluding hydrogens is 390 g/mol. The molecule has 8 heteroatoms. The van der Waals surface area contributed by atoms with Gasteiger partial charge < -0.3 is 14.9 Å². The Morgan fingerprint density at radius 2 is 1.60 bits per heavy atom. The lowest BCUT2D eigenvalue weighted by Gasteiger charge is -2.14. The van der Waals surface area contributed by atoms with Gasteiger partial charge in [-0.25, -0.2) is 9.59 Å². The molecule has 166 valence electrons. The molecular formula is C22H31NO7. The number of benzene rings is 1. The first-order chi connectivity index (χ1) is 14.3. The predicted octanol–water partition coefficient (Wildman–Crippen LogP) is 5.49. The zero-order valence-corrected chi connectivity index (χ0v) is 17.7. The maximum Gasteiger partial charge on any atom is 0.372 e. The molecule has 0 spiro atoms. The highest BCUT2D eigenvalue weighted by Crippen LogP contribution is 2.29. The number of ether oxygens (including phenoxy) is 1. The highest BCUT2D eigenvalue weighted by Gasteiger charge is 2.24. The van der Waals surface area contributed by atoms with Crippen LogP contribution in [0.1, 0.15) is 77.2 Å². The second kappa shape index (κ2) is 13.3. The Morgan fingerprint density at radius 1 is 0.967 bits per heavy atom. The molecule has 1 aromatic rings. The van der Waals surface area contributed by atoms with Crippen molar-refractivity contribution in [1.29, 1.82) is 0 Å². The number of hydrogen-bond acceptors (Lipinski definition) is 5. The van der Waals surface area contributed by atoms with Crippen LogP contribution >= 0.6 is 0 Å². The average molecular weight is 421 g/mol. The van der Waals surface area contributed by atoms with Gasteiger partial charge in [0.1, 0.15) is 5.75 Å². The van der Waals surface area contributed by atoms with E-state index in [-0.39, 0.29) is 23.4 Å². The standard InChI is InChI=1S/C22H31NO7/c1-3-5-7-9-11-16-15-17(23(28)29)13-14-19(16)30-20(22(26)27)18(21(24)25)12-10-8-6-4-2/h13-15H,3-12H2,1-2H3,(H,24,25)(H,26,27). The molecule has 1 aromatic carbocycles. The molecule has 30 heavy (non-hydrogen) atoms. The van der Waals surface area contributed by atoms with Crippen molar-refractivity contribution in [1.82, 2.24) is 0 Å². The van der Waals surface area contributed by atoms with Crippen molar-refractivity contribution in [3.05, 3.63) is 45.2 Å². The number of aliphatic carboxylic acids is 2. The second-order valence-electron chi connectivity index (χ2n) is 7.19. The average Bonchev–Trinajstić information content (AvgIpc) is 2.70. The molecule has 0 aromatic heterocycles. The summed E-state index contributed by atoms with van der Waals surface area (Å²) in [4.78, 5) is 34.1. The highest BCUT2D eigenvalue weighted by molar-refractivity contribution is 5.97. The Kier molecular flexibility index (Phi) is 11.2. The Morgan fingerprint density at radius 3 is 2.13 bits per heavy atom. The van der Waals surface area contributed by atoms with Crippen LogP contribution in [0.25, 0.3) is 0 Å². The molecule has 0 heterocycles. The van der Waals surface area contributed by atoms with Crippen molar-refractivity contribution in [2.75, 3.05) is 0 Å². The van der Waals surface area contributed by atoms with Gasteiger partial charge in [-0.15, -0.1) is 0 Å². The fourth-order valence-electron chi connectivity index (χ4n) is 3.11. The van der Waals surface area contributed by atoms with Crippen molar-refractivity contribution >= 4 is 17.6 Å². The molecule has 8 nitrogen and oxygen atoms in total. The molecule has 1 rings (SSSR count). The van der Waals surface area contributed by atoms with Crippen LogP contribution in [0.2, 0.25) is 0 Å². The fraction of sp³-hybridized carbons (Fsp3) is 0.545.